The van der Waals surface area contributed by atoms with Crippen LogP contribution in [0, 0.1) is 0 Å². The van der Waals surface area contributed by atoms with Gasteiger partial charge in [-0.3, -0.25) is 4.79 Å². The third-order valence-electron chi connectivity index (χ3n) is 4.01. The first kappa shape index (κ1) is 19.9. The van der Waals surface area contributed by atoms with E-state index in [4.69, 9.17) is 9.47 Å². The minimum Gasteiger partial charge on any atom is -0.486 e. The first-order valence-electron chi connectivity index (χ1n) is 8.41. The third-order valence-corrected chi connectivity index (χ3v) is 4.01. The maximum atomic E-state index is 12.1. The van der Waals surface area contributed by atoms with Crippen LogP contribution in [0.1, 0.15) is 31.9 Å². The second-order valence-electron chi connectivity index (χ2n) is 7.05. The summed E-state index contributed by atoms with van der Waals surface area (Å²) in [5.41, 5.74) is 3.07. The molecule has 26 heavy (non-hydrogen) atoms. The van der Waals surface area contributed by atoms with E-state index < -0.39 is 0 Å². The van der Waals surface area contributed by atoms with Crippen LogP contribution in [0.25, 0.3) is 6.08 Å². The fraction of sp³-hybridized carbons (Fsp3) is 0.286. The lowest BCUT2D eigenvalue weighted by molar-refractivity contribution is -0.111. The van der Waals surface area contributed by atoms with E-state index >= 15 is 0 Å². The van der Waals surface area contributed by atoms with E-state index in [0.29, 0.717) is 30.4 Å². The predicted molar refractivity (Wildman–Crippen MR) is 107 cm³/mol. The first-order valence-corrected chi connectivity index (χ1v) is 8.41. The highest BCUT2D eigenvalue weighted by atomic mass is 35.5. The number of ether oxygens (including phenoxy) is 2. The molecule has 5 heteroatoms. The monoisotopic (exact) mass is 373 g/mol. The second kappa shape index (κ2) is 8.28. The predicted octanol–water partition coefficient (Wildman–Crippen LogP) is 4.83. The number of carbonyl (C=O) groups excluding carboxylic acids is 1. The van der Waals surface area contributed by atoms with Crippen molar-refractivity contribution in [3.05, 3.63) is 59.7 Å². The summed E-state index contributed by atoms with van der Waals surface area (Å²) in [6.45, 7) is 7.61. The van der Waals surface area contributed by atoms with Gasteiger partial charge in [-0.1, -0.05) is 45.0 Å². The van der Waals surface area contributed by atoms with Gasteiger partial charge in [0.15, 0.2) is 11.5 Å². The van der Waals surface area contributed by atoms with Crippen molar-refractivity contribution in [1.82, 2.24) is 0 Å². The fourth-order valence-corrected chi connectivity index (χ4v) is 2.57. The van der Waals surface area contributed by atoms with Gasteiger partial charge in [-0.05, 0) is 34.8 Å². The summed E-state index contributed by atoms with van der Waals surface area (Å²) in [4.78, 5) is 12.1. The van der Waals surface area contributed by atoms with Crippen LogP contribution < -0.4 is 14.8 Å². The smallest absolute Gasteiger partial charge is 0.248 e. The average molecular weight is 374 g/mol. The van der Waals surface area contributed by atoms with Crippen molar-refractivity contribution in [2.24, 2.45) is 0 Å². The van der Waals surface area contributed by atoms with Gasteiger partial charge < -0.3 is 14.8 Å². The largest absolute Gasteiger partial charge is 0.486 e. The summed E-state index contributed by atoms with van der Waals surface area (Å²) < 4.78 is 11.0. The summed E-state index contributed by atoms with van der Waals surface area (Å²) in [7, 11) is 0. The number of hydrogen-bond donors (Lipinski definition) is 1. The molecule has 2 aromatic rings. The van der Waals surface area contributed by atoms with Crippen molar-refractivity contribution in [3.63, 3.8) is 0 Å². The lowest BCUT2D eigenvalue weighted by Crippen LogP contribution is -2.16. The summed E-state index contributed by atoms with van der Waals surface area (Å²) in [5, 5.41) is 2.84. The Hall–Kier alpha value is -2.46. The second-order valence-corrected chi connectivity index (χ2v) is 7.05. The molecule has 138 valence electrons. The minimum atomic E-state index is -0.184. The lowest BCUT2D eigenvalue weighted by Gasteiger charge is -2.19. The van der Waals surface area contributed by atoms with E-state index in [-0.39, 0.29) is 23.7 Å². The zero-order valence-corrected chi connectivity index (χ0v) is 16.1. The molecule has 1 N–H and O–H groups in total. The van der Waals surface area contributed by atoms with Gasteiger partial charge in [-0.15, -0.1) is 12.4 Å². The molecule has 0 bridgehead atoms. The Morgan fingerprint density at radius 1 is 1.00 bits per heavy atom. The summed E-state index contributed by atoms with van der Waals surface area (Å²) >= 11 is 0. The topological polar surface area (TPSA) is 47.6 Å². The number of rotatable bonds is 3. The molecule has 2 aromatic carbocycles. The Morgan fingerprint density at radius 3 is 2.31 bits per heavy atom. The average Bonchev–Trinajstić information content (AvgIpc) is 2.59. The zero-order chi connectivity index (χ0) is 17.9. The van der Waals surface area contributed by atoms with Gasteiger partial charge in [0.2, 0.25) is 5.91 Å². The van der Waals surface area contributed by atoms with Crippen LogP contribution in [0.4, 0.5) is 5.69 Å². The Balaban J connectivity index is 0.00000243. The Labute approximate surface area is 160 Å². The van der Waals surface area contributed by atoms with Crippen LogP contribution in [0.15, 0.2) is 48.5 Å². The van der Waals surface area contributed by atoms with Gasteiger partial charge >= 0.3 is 0 Å². The molecule has 4 nitrogen and oxygen atoms in total. The molecule has 1 heterocycles. The molecule has 1 aliphatic rings. The number of nitrogens with one attached hydrogen (secondary N) is 1. The molecule has 0 unspecified atom stereocenters. The molecule has 0 atom stereocenters. The third kappa shape index (κ3) is 5.02. The Kier molecular flexibility index (Phi) is 6.32. The van der Waals surface area contributed by atoms with Crippen molar-refractivity contribution in [3.8, 4) is 11.5 Å². The molecule has 0 fully saturated rings. The lowest BCUT2D eigenvalue weighted by atomic mass is 9.87. The maximum absolute atomic E-state index is 12.1. The van der Waals surface area contributed by atoms with Crippen molar-refractivity contribution in [2.45, 2.75) is 26.2 Å². The Morgan fingerprint density at radius 2 is 1.65 bits per heavy atom. The maximum Gasteiger partial charge on any atom is 0.248 e. The molecule has 0 aromatic heterocycles. The van der Waals surface area contributed by atoms with Gasteiger partial charge in [0.25, 0.3) is 0 Å². The molecule has 1 amide bonds. The van der Waals surface area contributed by atoms with Gasteiger partial charge in [0, 0.05) is 17.8 Å². The summed E-state index contributed by atoms with van der Waals surface area (Å²) in [6, 6.07) is 13.6. The van der Waals surface area contributed by atoms with Crippen LogP contribution in [-0.4, -0.2) is 19.1 Å². The molecule has 0 saturated heterocycles. The minimum absolute atomic E-state index is 0. The highest BCUT2D eigenvalue weighted by Gasteiger charge is 2.13. The molecular formula is C21H24ClNO3. The van der Waals surface area contributed by atoms with Crippen molar-refractivity contribution < 1.29 is 14.3 Å². The van der Waals surface area contributed by atoms with Crippen molar-refractivity contribution in [2.75, 3.05) is 18.5 Å². The van der Waals surface area contributed by atoms with Crippen LogP contribution in [-0.2, 0) is 10.2 Å². The standard InChI is InChI=1S/C21H23NO3.ClH/c1-21(2,3)16-7-4-15(5-8-16)6-11-20(23)22-17-9-10-18-19(14-17)25-13-12-24-18;/h4-11,14H,12-13H2,1-3H3,(H,22,23);1H/b11-6+;. The fourth-order valence-electron chi connectivity index (χ4n) is 2.57. The van der Waals surface area contributed by atoms with Crippen LogP contribution >= 0.6 is 12.4 Å². The van der Waals surface area contributed by atoms with E-state index in [9.17, 15) is 4.79 Å². The number of fused-ring (bicyclic) bond motifs is 1. The molecule has 1 aliphatic heterocycles. The normalized spacial score (nSPS) is 13.2. The number of hydrogen-bond acceptors (Lipinski definition) is 3. The van der Waals surface area contributed by atoms with E-state index in [2.05, 4.69) is 38.2 Å². The molecule has 0 aliphatic carbocycles. The number of carbonyl (C=O) groups is 1. The van der Waals surface area contributed by atoms with Crippen molar-refractivity contribution in [1.29, 1.82) is 0 Å². The highest BCUT2D eigenvalue weighted by molar-refractivity contribution is 6.02. The highest BCUT2D eigenvalue weighted by Crippen LogP contribution is 2.32. The molecule has 0 radical (unpaired) electrons. The quantitative estimate of drug-likeness (QED) is 0.784. The van der Waals surface area contributed by atoms with Crippen LogP contribution in [0.2, 0.25) is 0 Å². The van der Waals surface area contributed by atoms with Gasteiger partial charge in [-0.2, -0.15) is 0 Å². The first-order chi connectivity index (χ1) is 11.9. The van der Waals surface area contributed by atoms with Gasteiger partial charge in [0.05, 0.1) is 0 Å². The van der Waals surface area contributed by atoms with Gasteiger partial charge in [0.1, 0.15) is 13.2 Å². The van der Waals surface area contributed by atoms with Gasteiger partial charge in [-0.25, -0.2) is 0 Å². The van der Waals surface area contributed by atoms with E-state index in [1.54, 1.807) is 24.3 Å². The molecule has 0 saturated carbocycles. The number of anilines is 1. The summed E-state index contributed by atoms with van der Waals surface area (Å²) in [6.07, 6.45) is 3.34. The van der Waals surface area contributed by atoms with E-state index in [0.717, 1.165) is 5.56 Å². The molecule has 0 spiro atoms. The molecule has 3 rings (SSSR count). The molecular weight excluding hydrogens is 350 g/mol. The van der Waals surface area contributed by atoms with Crippen LogP contribution in [0.3, 0.4) is 0 Å². The number of halogens is 1. The zero-order valence-electron chi connectivity index (χ0n) is 15.2. The van der Waals surface area contributed by atoms with Crippen molar-refractivity contribution >= 4 is 30.1 Å². The number of amides is 1. The SMILES string of the molecule is CC(C)(C)c1ccc(/C=C/C(=O)Nc2ccc3c(c2)OCCO3)cc1.Cl. The Bertz CT molecular complexity index is 792. The van der Waals surface area contributed by atoms with E-state index in [1.807, 2.05) is 12.1 Å². The summed E-state index contributed by atoms with van der Waals surface area (Å²) in [5.74, 6) is 1.18. The number of benzene rings is 2. The van der Waals surface area contributed by atoms with Crippen LogP contribution in [0.5, 0.6) is 11.5 Å². The van der Waals surface area contributed by atoms with E-state index in [1.165, 1.54) is 11.6 Å².